The van der Waals surface area contributed by atoms with Crippen LogP contribution < -0.4 is 0 Å². The number of piperidine rings is 1. The lowest BCUT2D eigenvalue weighted by molar-refractivity contribution is 0.0668. The average molecular weight is 337 g/mol. The number of hydrogen-bond acceptors (Lipinski definition) is 2. The summed E-state index contributed by atoms with van der Waals surface area (Å²) in [5.74, 6) is 0.784. The Morgan fingerprint density at radius 3 is 2.72 bits per heavy atom. The van der Waals surface area contributed by atoms with Crippen molar-refractivity contribution in [3.8, 4) is 5.75 Å². The number of likely N-dealkylation sites (tertiary alicyclic amines) is 1. The third-order valence-electron chi connectivity index (χ3n) is 5.35. The molecule has 3 nitrogen and oxygen atoms in total. The summed E-state index contributed by atoms with van der Waals surface area (Å²) in [7, 11) is 0. The van der Waals surface area contributed by atoms with Crippen LogP contribution in [0.3, 0.4) is 0 Å². The fourth-order valence-corrected chi connectivity index (χ4v) is 3.66. The van der Waals surface area contributed by atoms with Gasteiger partial charge in [0.05, 0.1) is 0 Å². The van der Waals surface area contributed by atoms with Crippen molar-refractivity contribution in [2.75, 3.05) is 13.1 Å². The average Bonchev–Trinajstić information content (AvgIpc) is 2.63. The molecule has 1 fully saturated rings. The summed E-state index contributed by atoms with van der Waals surface area (Å²) in [6.07, 6.45) is 4.44. The molecule has 0 aliphatic carbocycles. The van der Waals surface area contributed by atoms with Crippen molar-refractivity contribution in [2.24, 2.45) is 5.92 Å². The van der Waals surface area contributed by atoms with Crippen LogP contribution >= 0.6 is 0 Å². The van der Waals surface area contributed by atoms with Gasteiger partial charge in [0.1, 0.15) is 5.75 Å². The van der Waals surface area contributed by atoms with Crippen LogP contribution in [0.4, 0.5) is 0 Å². The molecule has 1 atom stereocenters. The lowest BCUT2D eigenvalue weighted by Crippen LogP contribution is -2.40. The SMILES string of the molecule is Cc1ccc(C(=O)N2CCC[C@@H](CCc3ccccc3C)C2)cc1O. The standard InChI is InChI=1S/C22H27NO2/c1-16-6-3-4-8-19(16)12-10-18-7-5-13-23(15-18)22(25)20-11-9-17(2)21(24)14-20/h3-4,6,8-9,11,14,18,24H,5,7,10,12-13,15H2,1-2H3/t18-/m0/s1. The van der Waals surface area contributed by atoms with E-state index >= 15 is 0 Å². The van der Waals surface area contributed by atoms with Crippen LogP contribution in [0.15, 0.2) is 42.5 Å². The maximum Gasteiger partial charge on any atom is 0.253 e. The summed E-state index contributed by atoms with van der Waals surface area (Å²) in [5, 5.41) is 9.86. The molecule has 3 heteroatoms. The smallest absolute Gasteiger partial charge is 0.253 e. The van der Waals surface area contributed by atoms with Crippen molar-refractivity contribution in [3.63, 3.8) is 0 Å². The van der Waals surface area contributed by atoms with E-state index in [0.29, 0.717) is 11.5 Å². The number of hydrogen-bond donors (Lipinski definition) is 1. The third kappa shape index (κ3) is 4.22. The summed E-state index contributed by atoms with van der Waals surface area (Å²) < 4.78 is 0. The number of aryl methyl sites for hydroxylation is 3. The van der Waals surface area contributed by atoms with Gasteiger partial charge in [-0.1, -0.05) is 30.3 Å². The zero-order valence-electron chi connectivity index (χ0n) is 15.2. The summed E-state index contributed by atoms with van der Waals surface area (Å²) in [4.78, 5) is 14.7. The highest BCUT2D eigenvalue weighted by atomic mass is 16.3. The Morgan fingerprint density at radius 1 is 1.16 bits per heavy atom. The van der Waals surface area contributed by atoms with E-state index in [4.69, 9.17) is 0 Å². The van der Waals surface area contributed by atoms with Crippen LogP contribution in [0, 0.1) is 19.8 Å². The molecule has 25 heavy (non-hydrogen) atoms. The molecule has 132 valence electrons. The van der Waals surface area contributed by atoms with Gasteiger partial charge in [-0.3, -0.25) is 4.79 Å². The monoisotopic (exact) mass is 337 g/mol. The number of amides is 1. The van der Waals surface area contributed by atoms with Gasteiger partial charge in [-0.05, 0) is 74.3 Å². The second-order valence-electron chi connectivity index (χ2n) is 7.23. The summed E-state index contributed by atoms with van der Waals surface area (Å²) in [6, 6.07) is 13.8. The van der Waals surface area contributed by atoms with E-state index in [1.807, 2.05) is 24.0 Å². The van der Waals surface area contributed by atoms with Crippen molar-refractivity contribution in [2.45, 2.75) is 39.5 Å². The fraction of sp³-hybridized carbons (Fsp3) is 0.409. The van der Waals surface area contributed by atoms with E-state index in [1.54, 1.807) is 6.07 Å². The highest BCUT2D eigenvalue weighted by Crippen LogP contribution is 2.25. The molecule has 0 spiro atoms. The van der Waals surface area contributed by atoms with Crippen molar-refractivity contribution in [1.82, 2.24) is 4.90 Å². The highest BCUT2D eigenvalue weighted by Gasteiger charge is 2.24. The predicted molar refractivity (Wildman–Crippen MR) is 101 cm³/mol. The van der Waals surface area contributed by atoms with Crippen LogP contribution in [0.2, 0.25) is 0 Å². The van der Waals surface area contributed by atoms with E-state index in [2.05, 4.69) is 31.2 Å². The number of phenolic OH excluding ortho intramolecular Hbond substituents is 1. The quantitative estimate of drug-likeness (QED) is 0.893. The van der Waals surface area contributed by atoms with Gasteiger partial charge in [-0.2, -0.15) is 0 Å². The van der Waals surface area contributed by atoms with Gasteiger partial charge >= 0.3 is 0 Å². The van der Waals surface area contributed by atoms with Gasteiger partial charge < -0.3 is 10.0 Å². The zero-order chi connectivity index (χ0) is 17.8. The first-order chi connectivity index (χ1) is 12.0. The van der Waals surface area contributed by atoms with Crippen LogP contribution in [0.1, 0.15) is 46.3 Å². The summed E-state index contributed by atoms with van der Waals surface area (Å²) >= 11 is 0. The summed E-state index contributed by atoms with van der Waals surface area (Å²) in [5.41, 5.74) is 4.14. The summed E-state index contributed by atoms with van der Waals surface area (Å²) in [6.45, 7) is 5.63. The van der Waals surface area contributed by atoms with E-state index in [0.717, 1.165) is 37.9 Å². The maximum atomic E-state index is 12.8. The number of carbonyl (C=O) groups is 1. The first-order valence-corrected chi connectivity index (χ1v) is 9.18. The van der Waals surface area contributed by atoms with Gasteiger partial charge in [-0.25, -0.2) is 0 Å². The van der Waals surface area contributed by atoms with Crippen molar-refractivity contribution < 1.29 is 9.90 Å². The number of benzene rings is 2. The normalized spacial score (nSPS) is 17.5. The fourth-order valence-electron chi connectivity index (χ4n) is 3.66. The molecule has 0 unspecified atom stereocenters. The Bertz CT molecular complexity index is 753. The Balaban J connectivity index is 1.61. The molecule has 0 radical (unpaired) electrons. The molecule has 1 amide bonds. The van der Waals surface area contributed by atoms with E-state index in [9.17, 15) is 9.90 Å². The molecule has 1 heterocycles. The highest BCUT2D eigenvalue weighted by molar-refractivity contribution is 5.94. The number of rotatable bonds is 4. The first-order valence-electron chi connectivity index (χ1n) is 9.18. The molecule has 1 N–H and O–H groups in total. The van der Waals surface area contributed by atoms with Gasteiger partial charge in [0.2, 0.25) is 0 Å². The minimum absolute atomic E-state index is 0.0379. The largest absolute Gasteiger partial charge is 0.508 e. The van der Waals surface area contributed by atoms with Gasteiger partial charge in [-0.15, -0.1) is 0 Å². The molecule has 0 bridgehead atoms. The molecule has 2 aromatic rings. The second-order valence-corrected chi connectivity index (χ2v) is 7.23. The number of carbonyl (C=O) groups excluding carboxylic acids is 1. The number of phenols is 1. The van der Waals surface area contributed by atoms with E-state index < -0.39 is 0 Å². The Kier molecular flexibility index (Phi) is 5.42. The van der Waals surface area contributed by atoms with Gasteiger partial charge in [0.25, 0.3) is 5.91 Å². The van der Waals surface area contributed by atoms with E-state index in [1.165, 1.54) is 17.5 Å². The van der Waals surface area contributed by atoms with Crippen molar-refractivity contribution in [1.29, 1.82) is 0 Å². The Hall–Kier alpha value is -2.29. The van der Waals surface area contributed by atoms with E-state index in [-0.39, 0.29) is 11.7 Å². The third-order valence-corrected chi connectivity index (χ3v) is 5.35. The molecule has 1 saturated heterocycles. The molecule has 1 aliphatic heterocycles. The molecule has 1 aliphatic rings. The number of nitrogens with zero attached hydrogens (tertiary/aromatic N) is 1. The minimum atomic E-state index is 0.0379. The molecule has 0 saturated carbocycles. The van der Waals surface area contributed by atoms with Crippen LogP contribution in [-0.2, 0) is 6.42 Å². The van der Waals surface area contributed by atoms with Crippen LogP contribution in [-0.4, -0.2) is 29.0 Å². The predicted octanol–water partition coefficient (Wildman–Crippen LogP) is 4.49. The lowest BCUT2D eigenvalue weighted by Gasteiger charge is -2.33. The van der Waals surface area contributed by atoms with Gasteiger partial charge in [0.15, 0.2) is 0 Å². The van der Waals surface area contributed by atoms with Crippen LogP contribution in [0.25, 0.3) is 0 Å². The Morgan fingerprint density at radius 2 is 1.96 bits per heavy atom. The Labute approximate surface area is 150 Å². The molecular formula is C22H27NO2. The maximum absolute atomic E-state index is 12.8. The first kappa shape index (κ1) is 17.5. The molecule has 0 aromatic heterocycles. The van der Waals surface area contributed by atoms with Crippen LogP contribution in [0.5, 0.6) is 5.75 Å². The molecule has 3 rings (SSSR count). The number of aromatic hydroxyl groups is 1. The van der Waals surface area contributed by atoms with Crippen molar-refractivity contribution >= 4 is 5.91 Å². The topological polar surface area (TPSA) is 40.5 Å². The lowest BCUT2D eigenvalue weighted by atomic mass is 9.90. The van der Waals surface area contributed by atoms with Gasteiger partial charge in [0, 0.05) is 18.7 Å². The second kappa shape index (κ2) is 7.73. The molecular weight excluding hydrogens is 310 g/mol. The van der Waals surface area contributed by atoms with Crippen molar-refractivity contribution in [3.05, 3.63) is 64.7 Å². The zero-order valence-corrected chi connectivity index (χ0v) is 15.2. The minimum Gasteiger partial charge on any atom is -0.508 e. The molecule has 2 aromatic carbocycles.